The fourth-order valence-corrected chi connectivity index (χ4v) is 3.15. The van der Waals surface area contributed by atoms with Crippen molar-refractivity contribution < 1.29 is 14.6 Å². The maximum Gasteiger partial charge on any atom is 0.248 e. The van der Waals surface area contributed by atoms with E-state index in [4.69, 9.17) is 9.84 Å². The molecule has 120 valence electrons. The van der Waals surface area contributed by atoms with Crippen molar-refractivity contribution in [2.24, 2.45) is 5.92 Å². The Balaban J connectivity index is 1.67. The quantitative estimate of drug-likeness (QED) is 0.817. The van der Waals surface area contributed by atoms with Crippen molar-refractivity contribution in [3.8, 4) is 0 Å². The molecule has 0 unspecified atom stereocenters. The Morgan fingerprint density at radius 2 is 2.23 bits per heavy atom. The number of carbonyl (C=O) groups is 1. The summed E-state index contributed by atoms with van der Waals surface area (Å²) in [6.07, 6.45) is 0.916. The Bertz CT molecular complexity index is 522. The summed E-state index contributed by atoms with van der Waals surface area (Å²) < 4.78 is 5.94. The maximum atomic E-state index is 11.6. The lowest BCUT2D eigenvalue weighted by molar-refractivity contribution is -0.139. The third-order valence-corrected chi connectivity index (χ3v) is 4.44. The van der Waals surface area contributed by atoms with Crippen LogP contribution in [0, 0.1) is 12.8 Å². The molecular weight excluding hydrogens is 284 g/mol. The van der Waals surface area contributed by atoms with Crippen LogP contribution in [0.4, 0.5) is 5.82 Å². The number of nitrogens with zero attached hydrogens (tertiary/aromatic N) is 4. The van der Waals surface area contributed by atoms with Gasteiger partial charge in [-0.2, -0.15) is 5.10 Å². The van der Waals surface area contributed by atoms with Gasteiger partial charge in [-0.25, -0.2) is 0 Å². The minimum absolute atomic E-state index is 0.0349. The Hall–Kier alpha value is -1.73. The van der Waals surface area contributed by atoms with Gasteiger partial charge in [0.05, 0.1) is 18.4 Å². The molecule has 0 spiro atoms. The first kappa shape index (κ1) is 15.2. The third-order valence-electron chi connectivity index (χ3n) is 4.44. The van der Waals surface area contributed by atoms with Gasteiger partial charge in [0, 0.05) is 32.1 Å². The lowest BCUT2D eigenvalue weighted by Crippen LogP contribution is -2.49. The fourth-order valence-electron chi connectivity index (χ4n) is 3.15. The molecule has 0 bridgehead atoms. The number of aliphatic hydroxyl groups excluding tert-OH is 1. The highest BCUT2D eigenvalue weighted by Gasteiger charge is 2.35. The van der Waals surface area contributed by atoms with Gasteiger partial charge in [0.2, 0.25) is 5.91 Å². The summed E-state index contributed by atoms with van der Waals surface area (Å²) in [6.45, 7) is 4.99. The lowest BCUT2D eigenvalue weighted by atomic mass is 9.93. The highest BCUT2D eigenvalue weighted by molar-refractivity contribution is 5.77. The zero-order valence-corrected chi connectivity index (χ0v) is 12.8. The Morgan fingerprint density at radius 3 is 2.95 bits per heavy atom. The van der Waals surface area contributed by atoms with E-state index >= 15 is 0 Å². The van der Waals surface area contributed by atoms with Gasteiger partial charge in [-0.15, -0.1) is 5.10 Å². The topological polar surface area (TPSA) is 78.8 Å². The molecule has 22 heavy (non-hydrogen) atoms. The molecule has 0 radical (unpaired) electrons. The number of rotatable bonds is 2. The number of carbonyl (C=O) groups excluding carboxylic acids is 1. The van der Waals surface area contributed by atoms with E-state index in [1.165, 1.54) is 0 Å². The number of fused-ring (bicyclic) bond motifs is 1. The molecule has 2 fully saturated rings. The molecule has 0 aliphatic carbocycles. The molecule has 3 rings (SSSR count). The zero-order chi connectivity index (χ0) is 15.5. The fraction of sp³-hybridized carbons (Fsp3) is 0.667. The number of aliphatic hydroxyl groups is 1. The molecule has 1 amide bonds. The Kier molecular flexibility index (Phi) is 4.54. The molecule has 1 N–H and O–H groups in total. The summed E-state index contributed by atoms with van der Waals surface area (Å²) in [5.74, 6) is 1.03. The van der Waals surface area contributed by atoms with Crippen LogP contribution < -0.4 is 4.90 Å². The van der Waals surface area contributed by atoms with Gasteiger partial charge in [-0.1, -0.05) is 0 Å². The van der Waals surface area contributed by atoms with Gasteiger partial charge in [-0.05, 0) is 25.5 Å². The second-order valence-corrected chi connectivity index (χ2v) is 5.93. The van der Waals surface area contributed by atoms with Crippen LogP contribution in [0.1, 0.15) is 12.1 Å². The highest BCUT2D eigenvalue weighted by Crippen LogP contribution is 2.26. The minimum atomic E-state index is -0.428. The molecule has 7 nitrogen and oxygen atoms in total. The van der Waals surface area contributed by atoms with Crippen LogP contribution in [-0.4, -0.2) is 71.6 Å². The van der Waals surface area contributed by atoms with Crippen LogP contribution in [0.15, 0.2) is 12.1 Å². The first-order chi connectivity index (χ1) is 10.7. The van der Waals surface area contributed by atoms with Crippen molar-refractivity contribution in [3.05, 3.63) is 17.8 Å². The SMILES string of the molecule is Cc1ccc(N2CCO[C@H]3CN(C(=O)CO)CC[C@H]3C2)nn1. The summed E-state index contributed by atoms with van der Waals surface area (Å²) in [5.41, 5.74) is 0.906. The van der Waals surface area contributed by atoms with E-state index < -0.39 is 6.61 Å². The number of piperidine rings is 1. The highest BCUT2D eigenvalue weighted by atomic mass is 16.5. The van der Waals surface area contributed by atoms with Crippen molar-refractivity contribution in [1.82, 2.24) is 15.1 Å². The van der Waals surface area contributed by atoms with E-state index in [0.29, 0.717) is 25.6 Å². The molecule has 0 aromatic carbocycles. The summed E-state index contributed by atoms with van der Waals surface area (Å²) in [5, 5.41) is 17.4. The Labute approximate surface area is 129 Å². The predicted molar refractivity (Wildman–Crippen MR) is 80.5 cm³/mol. The van der Waals surface area contributed by atoms with Gasteiger partial charge < -0.3 is 19.6 Å². The van der Waals surface area contributed by atoms with E-state index in [9.17, 15) is 4.79 Å². The molecule has 7 heteroatoms. The van der Waals surface area contributed by atoms with Crippen LogP contribution in [-0.2, 0) is 9.53 Å². The second-order valence-electron chi connectivity index (χ2n) is 5.93. The van der Waals surface area contributed by atoms with Crippen molar-refractivity contribution in [3.63, 3.8) is 0 Å². The average molecular weight is 306 g/mol. The number of anilines is 1. The van der Waals surface area contributed by atoms with E-state index in [2.05, 4.69) is 15.1 Å². The normalized spacial score (nSPS) is 25.5. The number of likely N-dealkylation sites (tertiary alicyclic amines) is 1. The number of hydrogen-bond acceptors (Lipinski definition) is 6. The first-order valence-electron chi connectivity index (χ1n) is 7.73. The molecule has 1 aromatic heterocycles. The van der Waals surface area contributed by atoms with Gasteiger partial charge >= 0.3 is 0 Å². The number of hydrogen-bond donors (Lipinski definition) is 1. The van der Waals surface area contributed by atoms with Crippen LogP contribution in [0.2, 0.25) is 0 Å². The molecule has 2 atom stereocenters. The molecule has 2 aliphatic heterocycles. The molecule has 2 saturated heterocycles. The summed E-state index contributed by atoms with van der Waals surface area (Å²) in [7, 11) is 0. The second kappa shape index (κ2) is 6.58. The maximum absolute atomic E-state index is 11.6. The van der Waals surface area contributed by atoms with Crippen molar-refractivity contribution in [1.29, 1.82) is 0 Å². The van der Waals surface area contributed by atoms with Crippen LogP contribution in [0.5, 0.6) is 0 Å². The summed E-state index contributed by atoms with van der Waals surface area (Å²) >= 11 is 0. The minimum Gasteiger partial charge on any atom is -0.387 e. The van der Waals surface area contributed by atoms with Crippen LogP contribution >= 0.6 is 0 Å². The number of amides is 1. The summed E-state index contributed by atoms with van der Waals surface area (Å²) in [4.78, 5) is 15.5. The van der Waals surface area contributed by atoms with Gasteiger partial charge in [0.25, 0.3) is 0 Å². The predicted octanol–water partition coefficient (Wildman–Crippen LogP) is -0.169. The van der Waals surface area contributed by atoms with Crippen molar-refractivity contribution in [2.45, 2.75) is 19.4 Å². The van der Waals surface area contributed by atoms with E-state index in [-0.39, 0.29) is 12.0 Å². The average Bonchev–Trinajstić information content (AvgIpc) is 2.76. The van der Waals surface area contributed by atoms with Gasteiger partial charge in [-0.3, -0.25) is 4.79 Å². The van der Waals surface area contributed by atoms with Gasteiger partial charge in [0.1, 0.15) is 6.61 Å². The Morgan fingerprint density at radius 1 is 1.36 bits per heavy atom. The van der Waals surface area contributed by atoms with E-state index in [1.54, 1.807) is 4.90 Å². The number of ether oxygens (including phenoxy) is 1. The van der Waals surface area contributed by atoms with Crippen molar-refractivity contribution in [2.75, 3.05) is 44.3 Å². The molecule has 1 aromatic rings. The largest absolute Gasteiger partial charge is 0.387 e. The summed E-state index contributed by atoms with van der Waals surface area (Å²) in [6, 6.07) is 3.96. The number of aromatic nitrogens is 2. The number of aryl methyl sites for hydroxylation is 1. The first-order valence-corrected chi connectivity index (χ1v) is 7.73. The smallest absolute Gasteiger partial charge is 0.248 e. The molecule has 3 heterocycles. The van der Waals surface area contributed by atoms with Crippen molar-refractivity contribution >= 4 is 11.7 Å². The molecule has 2 aliphatic rings. The van der Waals surface area contributed by atoms with Crippen LogP contribution in [0.25, 0.3) is 0 Å². The standard InChI is InChI=1S/C15H22N4O3/c1-11-2-3-14(17-16-11)18-6-7-22-13-9-19(15(21)10-20)5-4-12(13)8-18/h2-3,12-13,20H,4-10H2,1H3/t12-,13-/m0/s1. The third kappa shape index (κ3) is 3.20. The lowest BCUT2D eigenvalue weighted by Gasteiger charge is -2.37. The van der Waals surface area contributed by atoms with E-state index in [0.717, 1.165) is 31.0 Å². The molecule has 0 saturated carbocycles. The van der Waals surface area contributed by atoms with Crippen LogP contribution in [0.3, 0.4) is 0 Å². The zero-order valence-electron chi connectivity index (χ0n) is 12.8. The van der Waals surface area contributed by atoms with Gasteiger partial charge in [0.15, 0.2) is 5.82 Å². The molecular formula is C15H22N4O3. The monoisotopic (exact) mass is 306 g/mol. The van der Waals surface area contributed by atoms with E-state index in [1.807, 2.05) is 19.1 Å².